The molecule has 0 aromatic carbocycles. The summed E-state index contributed by atoms with van der Waals surface area (Å²) in [5, 5.41) is 13.9. The van der Waals surface area contributed by atoms with Crippen LogP contribution in [0, 0.1) is 11.6 Å². The van der Waals surface area contributed by atoms with Crippen LogP contribution < -0.4 is 10.6 Å². The minimum Gasteiger partial charge on any atom is -0.463 e. The van der Waals surface area contributed by atoms with Crippen molar-refractivity contribution in [3.63, 3.8) is 0 Å². The van der Waals surface area contributed by atoms with Crippen molar-refractivity contribution in [2.45, 2.75) is 0 Å². The SMILES string of the molecule is Cn1nc(-c2ccco2)cc1-c1ccc(C(=O)Nc2ccncc2F)s1.Cn1nc(-c2ccco2)cc1-c1ccc(C(=O)Nc2ncccc2F)s1. The fraction of sp³-hybridized carbons (Fsp3) is 0.0556. The van der Waals surface area contributed by atoms with Gasteiger partial charge < -0.3 is 19.5 Å². The number of carbonyl (C=O) groups excluding carboxylic acids is 2. The topological polar surface area (TPSA) is 146 Å². The van der Waals surface area contributed by atoms with Crippen LogP contribution in [0.3, 0.4) is 0 Å². The lowest BCUT2D eigenvalue weighted by Gasteiger charge is -2.03. The van der Waals surface area contributed by atoms with Crippen molar-refractivity contribution in [3.8, 4) is 44.1 Å². The Morgan fingerprint density at radius 2 is 1.27 bits per heavy atom. The maximum Gasteiger partial charge on any atom is 0.266 e. The van der Waals surface area contributed by atoms with Gasteiger partial charge in [-0.25, -0.2) is 13.8 Å². The highest BCUT2D eigenvalue weighted by Gasteiger charge is 2.18. The van der Waals surface area contributed by atoms with Crippen LogP contribution in [-0.4, -0.2) is 41.3 Å². The summed E-state index contributed by atoms with van der Waals surface area (Å²) in [6.45, 7) is 0. The molecule has 260 valence electrons. The van der Waals surface area contributed by atoms with E-state index in [1.807, 2.05) is 50.5 Å². The lowest BCUT2D eigenvalue weighted by Crippen LogP contribution is -2.12. The summed E-state index contributed by atoms with van der Waals surface area (Å²) in [5.74, 6) is -0.679. The van der Waals surface area contributed by atoms with Crippen molar-refractivity contribution in [1.29, 1.82) is 0 Å². The van der Waals surface area contributed by atoms with Crippen molar-refractivity contribution in [2.75, 3.05) is 10.6 Å². The van der Waals surface area contributed by atoms with E-state index in [0.29, 0.717) is 32.7 Å². The van der Waals surface area contributed by atoms with Crippen LogP contribution in [0.2, 0.25) is 0 Å². The first-order chi connectivity index (χ1) is 25.2. The van der Waals surface area contributed by atoms with Gasteiger partial charge >= 0.3 is 0 Å². The highest BCUT2D eigenvalue weighted by molar-refractivity contribution is 7.17. The highest BCUT2D eigenvalue weighted by atomic mass is 32.1. The molecule has 8 aromatic rings. The quantitative estimate of drug-likeness (QED) is 0.158. The van der Waals surface area contributed by atoms with Crippen molar-refractivity contribution in [1.82, 2.24) is 29.5 Å². The Bertz CT molecular complexity index is 2310. The van der Waals surface area contributed by atoms with Crippen molar-refractivity contribution >= 4 is 46.0 Å². The van der Waals surface area contributed by atoms with Gasteiger partial charge in [-0.05, 0) is 78.9 Å². The molecule has 0 unspecified atom stereocenters. The Balaban J connectivity index is 0.000000162. The summed E-state index contributed by atoms with van der Waals surface area (Å²) >= 11 is 2.59. The van der Waals surface area contributed by atoms with Crippen LogP contribution in [0.15, 0.2) is 119 Å². The molecule has 16 heteroatoms. The Labute approximate surface area is 302 Å². The Hall–Kier alpha value is -6.52. The minimum absolute atomic E-state index is 0.0897. The summed E-state index contributed by atoms with van der Waals surface area (Å²) in [7, 11) is 3.65. The zero-order valence-corrected chi connectivity index (χ0v) is 28.9. The summed E-state index contributed by atoms with van der Waals surface area (Å²) in [6.07, 6.45) is 7.08. The molecule has 2 N–H and O–H groups in total. The number of anilines is 2. The van der Waals surface area contributed by atoms with Gasteiger partial charge in [0.05, 0.1) is 55.3 Å². The molecule has 0 spiro atoms. The van der Waals surface area contributed by atoms with Crippen LogP contribution >= 0.6 is 22.7 Å². The van der Waals surface area contributed by atoms with Gasteiger partial charge in [0.1, 0.15) is 11.4 Å². The number of carbonyl (C=O) groups is 2. The molecule has 0 saturated heterocycles. The molecule has 0 aliphatic heterocycles. The first-order valence-corrected chi connectivity index (χ1v) is 17.1. The van der Waals surface area contributed by atoms with Crippen molar-refractivity contribution < 1.29 is 27.2 Å². The monoisotopic (exact) mass is 736 g/mol. The molecule has 0 aliphatic carbocycles. The van der Waals surface area contributed by atoms with Gasteiger partial charge in [0.25, 0.3) is 11.8 Å². The molecule has 8 rings (SSSR count). The van der Waals surface area contributed by atoms with Gasteiger partial charge in [-0.1, -0.05) is 0 Å². The van der Waals surface area contributed by atoms with Crippen LogP contribution in [0.4, 0.5) is 20.3 Å². The largest absolute Gasteiger partial charge is 0.463 e. The molecule has 0 fully saturated rings. The van der Waals surface area contributed by atoms with E-state index in [0.717, 1.165) is 27.3 Å². The van der Waals surface area contributed by atoms with Crippen LogP contribution in [-0.2, 0) is 14.1 Å². The molecule has 0 radical (unpaired) electrons. The number of aromatic nitrogens is 6. The first-order valence-electron chi connectivity index (χ1n) is 15.4. The predicted molar refractivity (Wildman–Crippen MR) is 193 cm³/mol. The van der Waals surface area contributed by atoms with Gasteiger partial charge in [0.2, 0.25) is 0 Å². The molecule has 0 atom stereocenters. The second-order valence-corrected chi connectivity index (χ2v) is 13.1. The van der Waals surface area contributed by atoms with Gasteiger partial charge in [-0.3, -0.25) is 23.9 Å². The lowest BCUT2D eigenvalue weighted by molar-refractivity contribution is 0.102. The molecule has 0 bridgehead atoms. The van der Waals surface area contributed by atoms with Crippen molar-refractivity contribution in [2.24, 2.45) is 14.1 Å². The van der Waals surface area contributed by atoms with E-state index >= 15 is 0 Å². The smallest absolute Gasteiger partial charge is 0.266 e. The summed E-state index contributed by atoms with van der Waals surface area (Å²) in [4.78, 5) is 34.9. The molecule has 8 aromatic heterocycles. The Morgan fingerprint density at radius 1 is 0.692 bits per heavy atom. The second-order valence-electron chi connectivity index (χ2n) is 11.0. The number of thiophene rings is 2. The van der Waals surface area contributed by atoms with Crippen molar-refractivity contribution in [3.05, 3.63) is 131 Å². The summed E-state index contributed by atoms with van der Waals surface area (Å²) in [6, 6.07) is 22.2. The van der Waals surface area contributed by atoms with E-state index in [4.69, 9.17) is 8.83 Å². The highest BCUT2D eigenvalue weighted by Crippen LogP contribution is 2.33. The van der Waals surface area contributed by atoms with Crippen LogP contribution in [0.25, 0.3) is 44.1 Å². The van der Waals surface area contributed by atoms with Gasteiger partial charge in [0, 0.05) is 26.5 Å². The van der Waals surface area contributed by atoms with E-state index in [-0.39, 0.29) is 17.4 Å². The number of nitrogens with one attached hydrogen (secondary N) is 2. The predicted octanol–water partition coefficient (Wildman–Crippen LogP) is 8.39. The molecule has 52 heavy (non-hydrogen) atoms. The van der Waals surface area contributed by atoms with Gasteiger partial charge in [-0.2, -0.15) is 10.2 Å². The number of hydrogen-bond acceptors (Lipinski definition) is 10. The molecule has 0 saturated carbocycles. The number of nitrogens with zero attached hydrogens (tertiary/aromatic N) is 6. The third kappa shape index (κ3) is 7.33. The van der Waals surface area contributed by atoms with Crippen LogP contribution in [0.1, 0.15) is 19.3 Å². The average Bonchev–Trinajstić information content (AvgIpc) is 3.98. The summed E-state index contributed by atoms with van der Waals surface area (Å²) in [5.41, 5.74) is 3.23. The van der Waals surface area contributed by atoms with E-state index in [2.05, 4.69) is 30.8 Å². The van der Waals surface area contributed by atoms with Gasteiger partial charge in [0.15, 0.2) is 29.0 Å². The van der Waals surface area contributed by atoms with Crippen LogP contribution in [0.5, 0.6) is 0 Å². The Kier molecular flexibility index (Phi) is 9.64. The maximum absolute atomic E-state index is 13.6. The zero-order valence-electron chi connectivity index (χ0n) is 27.3. The van der Waals surface area contributed by atoms with Gasteiger partial charge in [-0.15, -0.1) is 22.7 Å². The maximum atomic E-state index is 13.6. The van der Waals surface area contributed by atoms with E-state index in [9.17, 15) is 18.4 Å². The average molecular weight is 737 g/mol. The normalized spacial score (nSPS) is 10.8. The second kappa shape index (κ2) is 14.8. The number of pyridine rings is 2. The van der Waals surface area contributed by atoms with E-state index in [1.165, 1.54) is 53.3 Å². The number of halogens is 2. The fourth-order valence-electron chi connectivity index (χ4n) is 4.99. The third-order valence-electron chi connectivity index (χ3n) is 7.48. The molecule has 12 nitrogen and oxygen atoms in total. The zero-order chi connectivity index (χ0) is 36.2. The molecule has 0 aliphatic rings. The number of hydrogen-bond donors (Lipinski definition) is 2. The minimum atomic E-state index is -0.577. The van der Waals surface area contributed by atoms with E-state index in [1.54, 1.807) is 46.2 Å². The fourth-order valence-corrected chi connectivity index (χ4v) is 6.88. The Morgan fingerprint density at radius 3 is 1.79 bits per heavy atom. The number of aryl methyl sites for hydroxylation is 2. The molecule has 2 amide bonds. The summed E-state index contributed by atoms with van der Waals surface area (Å²) < 4.78 is 41.5. The molecular weight excluding hydrogens is 711 g/mol. The number of amides is 2. The molecule has 8 heterocycles. The third-order valence-corrected chi connectivity index (χ3v) is 9.70. The number of furan rings is 2. The number of rotatable bonds is 8. The van der Waals surface area contributed by atoms with E-state index < -0.39 is 17.5 Å². The molecular formula is C36H26F2N8O4S2. The first kappa shape index (κ1) is 34.0. The standard InChI is InChI=1S/2C18H13FN4O2S/c1-23-13(10-12(22-23)14-5-3-9-25-14)15-6-7-16(26-15)18(24)21-17-11(19)4-2-8-20-17;1-23-14(9-13(22-23)15-3-2-8-25-15)16-4-5-17(26-16)18(24)21-12-6-7-20-10-11(12)19/h2*2-10H,1H3,(H,20,21,24). The lowest BCUT2D eigenvalue weighted by atomic mass is 10.2.